The van der Waals surface area contributed by atoms with E-state index >= 15 is 0 Å². The molecule has 0 aliphatic carbocycles. The predicted molar refractivity (Wildman–Crippen MR) is 80.5 cm³/mol. The number of benzene rings is 1. The van der Waals surface area contributed by atoms with E-state index in [4.69, 9.17) is 27.9 Å². The van der Waals surface area contributed by atoms with E-state index in [9.17, 15) is 9.90 Å². The third-order valence-corrected chi connectivity index (χ3v) is 3.33. The third-order valence-electron chi connectivity index (χ3n) is 2.59. The summed E-state index contributed by atoms with van der Waals surface area (Å²) in [6.07, 6.45) is 0.335. The van der Waals surface area contributed by atoms with Crippen molar-refractivity contribution < 1.29 is 14.6 Å². The number of halogens is 2. The molecule has 0 aliphatic rings. The Hall–Kier alpha value is -0.970. The van der Waals surface area contributed by atoms with Crippen LogP contribution in [0.2, 0.25) is 10.0 Å². The minimum absolute atomic E-state index is 0.0625. The molecule has 2 atom stereocenters. The minimum Gasteiger partial charge on any atom is -0.493 e. The predicted octanol–water partition coefficient (Wildman–Crippen LogP) is 3.04. The van der Waals surface area contributed by atoms with Gasteiger partial charge in [0.1, 0.15) is 5.75 Å². The van der Waals surface area contributed by atoms with Crippen LogP contribution < -0.4 is 10.1 Å². The van der Waals surface area contributed by atoms with Crippen molar-refractivity contribution in [1.29, 1.82) is 0 Å². The van der Waals surface area contributed by atoms with Crippen LogP contribution in [0.1, 0.15) is 26.7 Å². The van der Waals surface area contributed by atoms with Crippen LogP contribution >= 0.6 is 23.2 Å². The van der Waals surface area contributed by atoms with E-state index in [-0.39, 0.29) is 25.0 Å². The second-order valence-corrected chi connectivity index (χ2v) is 5.54. The van der Waals surface area contributed by atoms with Crippen molar-refractivity contribution >= 4 is 29.1 Å². The van der Waals surface area contributed by atoms with Crippen molar-refractivity contribution in [2.24, 2.45) is 0 Å². The molecule has 2 N–H and O–H groups in total. The largest absolute Gasteiger partial charge is 0.493 e. The SMILES string of the molecule is CC(O)CC(C)NC(=O)CCOc1ccc(Cl)c(Cl)c1. The minimum atomic E-state index is -0.433. The van der Waals surface area contributed by atoms with E-state index in [0.29, 0.717) is 22.2 Å². The van der Waals surface area contributed by atoms with Gasteiger partial charge in [-0.3, -0.25) is 4.79 Å². The molecule has 0 saturated heterocycles. The lowest BCUT2D eigenvalue weighted by Crippen LogP contribution is -2.35. The van der Waals surface area contributed by atoms with Gasteiger partial charge >= 0.3 is 0 Å². The summed E-state index contributed by atoms with van der Waals surface area (Å²) in [5.74, 6) is 0.461. The van der Waals surface area contributed by atoms with Crippen LogP contribution in [0.3, 0.4) is 0 Å². The molecule has 20 heavy (non-hydrogen) atoms. The molecular weight excluding hydrogens is 301 g/mol. The van der Waals surface area contributed by atoms with Crippen molar-refractivity contribution in [3.8, 4) is 5.75 Å². The van der Waals surface area contributed by atoms with Gasteiger partial charge < -0.3 is 15.2 Å². The maximum atomic E-state index is 11.6. The average Bonchev–Trinajstić information content (AvgIpc) is 2.32. The van der Waals surface area contributed by atoms with Gasteiger partial charge in [0.2, 0.25) is 5.91 Å². The lowest BCUT2D eigenvalue weighted by atomic mass is 10.1. The zero-order valence-electron chi connectivity index (χ0n) is 11.5. The molecule has 0 fully saturated rings. The summed E-state index contributed by atoms with van der Waals surface area (Å²) >= 11 is 11.6. The maximum Gasteiger partial charge on any atom is 0.223 e. The first-order chi connectivity index (χ1) is 9.38. The number of amides is 1. The Morgan fingerprint density at radius 1 is 1.35 bits per heavy atom. The highest BCUT2D eigenvalue weighted by molar-refractivity contribution is 6.42. The van der Waals surface area contributed by atoms with Crippen molar-refractivity contribution in [3.63, 3.8) is 0 Å². The molecule has 112 valence electrons. The summed E-state index contributed by atoms with van der Waals surface area (Å²) in [6, 6.07) is 4.89. The van der Waals surface area contributed by atoms with Crippen LogP contribution in [0.5, 0.6) is 5.75 Å². The molecule has 0 heterocycles. The van der Waals surface area contributed by atoms with Crippen LogP contribution in [0.4, 0.5) is 0 Å². The fourth-order valence-electron chi connectivity index (χ4n) is 1.75. The lowest BCUT2D eigenvalue weighted by molar-refractivity contribution is -0.122. The summed E-state index contributed by atoms with van der Waals surface area (Å²) in [5.41, 5.74) is 0. The van der Waals surface area contributed by atoms with Gasteiger partial charge in [-0.2, -0.15) is 0 Å². The van der Waals surface area contributed by atoms with E-state index in [1.165, 1.54) is 0 Å². The first-order valence-electron chi connectivity index (χ1n) is 6.43. The van der Waals surface area contributed by atoms with Gasteiger partial charge in [-0.1, -0.05) is 23.2 Å². The first kappa shape index (κ1) is 17.1. The molecular formula is C14H19Cl2NO3. The molecule has 0 aliphatic heterocycles. The van der Waals surface area contributed by atoms with E-state index in [1.54, 1.807) is 25.1 Å². The molecule has 0 saturated carbocycles. The van der Waals surface area contributed by atoms with Gasteiger partial charge in [0.15, 0.2) is 0 Å². The van der Waals surface area contributed by atoms with Gasteiger partial charge in [0, 0.05) is 12.1 Å². The van der Waals surface area contributed by atoms with E-state index < -0.39 is 6.10 Å². The number of aliphatic hydroxyl groups is 1. The molecule has 2 unspecified atom stereocenters. The van der Waals surface area contributed by atoms with Crippen molar-refractivity contribution in [3.05, 3.63) is 28.2 Å². The summed E-state index contributed by atoms with van der Waals surface area (Å²) in [4.78, 5) is 11.6. The van der Waals surface area contributed by atoms with E-state index in [1.807, 2.05) is 6.92 Å². The van der Waals surface area contributed by atoms with E-state index in [2.05, 4.69) is 5.32 Å². The topological polar surface area (TPSA) is 58.6 Å². The van der Waals surface area contributed by atoms with Gasteiger partial charge in [-0.15, -0.1) is 0 Å². The molecule has 0 radical (unpaired) electrons. The number of ether oxygens (including phenoxy) is 1. The number of aliphatic hydroxyl groups excluding tert-OH is 1. The van der Waals surface area contributed by atoms with Crippen LogP contribution in [0.15, 0.2) is 18.2 Å². The number of rotatable bonds is 7. The Morgan fingerprint density at radius 3 is 2.65 bits per heavy atom. The van der Waals surface area contributed by atoms with Gasteiger partial charge in [-0.25, -0.2) is 0 Å². The summed E-state index contributed by atoms with van der Waals surface area (Å²) < 4.78 is 5.42. The Balaban J connectivity index is 2.29. The molecule has 1 amide bonds. The number of carbonyl (C=O) groups excluding carboxylic acids is 1. The maximum absolute atomic E-state index is 11.6. The summed E-state index contributed by atoms with van der Waals surface area (Å²) in [5, 5.41) is 12.9. The van der Waals surface area contributed by atoms with Crippen molar-refractivity contribution in [2.75, 3.05) is 6.61 Å². The monoisotopic (exact) mass is 319 g/mol. The third kappa shape index (κ3) is 6.46. The van der Waals surface area contributed by atoms with Crippen LogP contribution in [0.25, 0.3) is 0 Å². The Morgan fingerprint density at radius 2 is 2.05 bits per heavy atom. The quantitative estimate of drug-likeness (QED) is 0.812. The summed E-state index contributed by atoms with van der Waals surface area (Å²) in [6.45, 7) is 3.80. The van der Waals surface area contributed by atoms with E-state index in [0.717, 1.165) is 0 Å². The number of nitrogens with one attached hydrogen (secondary N) is 1. The smallest absolute Gasteiger partial charge is 0.223 e. The number of hydrogen-bond donors (Lipinski definition) is 2. The first-order valence-corrected chi connectivity index (χ1v) is 7.19. The van der Waals surface area contributed by atoms with Crippen LogP contribution in [0, 0.1) is 0 Å². The van der Waals surface area contributed by atoms with Crippen LogP contribution in [-0.2, 0) is 4.79 Å². The Kier molecular flexibility index (Phi) is 7.13. The zero-order chi connectivity index (χ0) is 15.1. The normalized spacial score (nSPS) is 13.7. The highest BCUT2D eigenvalue weighted by Crippen LogP contribution is 2.26. The average molecular weight is 320 g/mol. The second kappa shape index (κ2) is 8.35. The highest BCUT2D eigenvalue weighted by Gasteiger charge is 2.10. The summed E-state index contributed by atoms with van der Waals surface area (Å²) in [7, 11) is 0. The lowest BCUT2D eigenvalue weighted by Gasteiger charge is -2.15. The molecule has 0 bridgehead atoms. The van der Waals surface area contributed by atoms with Gasteiger partial charge in [-0.05, 0) is 32.4 Å². The molecule has 6 heteroatoms. The van der Waals surface area contributed by atoms with Crippen LogP contribution in [-0.4, -0.2) is 29.8 Å². The molecule has 1 rings (SSSR count). The van der Waals surface area contributed by atoms with Gasteiger partial charge in [0.25, 0.3) is 0 Å². The Labute approximate surface area is 129 Å². The Bertz CT molecular complexity index is 452. The molecule has 1 aromatic rings. The molecule has 0 aromatic heterocycles. The van der Waals surface area contributed by atoms with Gasteiger partial charge in [0.05, 0.1) is 29.2 Å². The van der Waals surface area contributed by atoms with Crippen molar-refractivity contribution in [2.45, 2.75) is 38.8 Å². The standard InChI is InChI=1S/C14H19Cl2NO3/c1-9(7-10(2)18)17-14(19)5-6-20-11-3-4-12(15)13(16)8-11/h3-4,8-10,18H,5-7H2,1-2H3,(H,17,19). The molecule has 0 spiro atoms. The highest BCUT2D eigenvalue weighted by atomic mass is 35.5. The molecule has 4 nitrogen and oxygen atoms in total. The zero-order valence-corrected chi connectivity index (χ0v) is 13.0. The fourth-order valence-corrected chi connectivity index (χ4v) is 2.03. The number of hydrogen-bond acceptors (Lipinski definition) is 3. The molecule has 1 aromatic carbocycles. The number of carbonyl (C=O) groups is 1. The second-order valence-electron chi connectivity index (χ2n) is 4.73. The van der Waals surface area contributed by atoms with Crippen molar-refractivity contribution in [1.82, 2.24) is 5.32 Å². The fraction of sp³-hybridized carbons (Fsp3) is 0.500.